The molecule has 0 N–H and O–H groups in total. The van der Waals surface area contributed by atoms with Crippen LogP contribution in [-0.4, -0.2) is 0 Å². The molecular weight excluding hydrogens is 671 g/mol. The van der Waals surface area contributed by atoms with E-state index < -0.39 is 0 Å². The van der Waals surface area contributed by atoms with E-state index in [2.05, 4.69) is 205 Å². The highest BCUT2D eigenvalue weighted by atomic mass is 32.1. The van der Waals surface area contributed by atoms with Crippen molar-refractivity contribution < 1.29 is 0 Å². The predicted molar refractivity (Wildman–Crippen MR) is 235 cm³/mol. The Bertz CT molecular complexity index is 3210. The van der Waals surface area contributed by atoms with Gasteiger partial charge in [-0.3, -0.25) is 0 Å². The fourth-order valence-electron chi connectivity index (χ4n) is 8.34. The van der Waals surface area contributed by atoms with E-state index in [1.165, 1.54) is 85.5 Å². The Morgan fingerprint density at radius 1 is 0.296 bits per heavy atom. The third-order valence-corrected chi connectivity index (χ3v) is 12.3. The summed E-state index contributed by atoms with van der Waals surface area (Å²) in [6, 6.07) is 73.5. The van der Waals surface area contributed by atoms with Crippen molar-refractivity contribution in [2.24, 2.45) is 0 Å². The first-order valence-corrected chi connectivity index (χ1v) is 19.3. The summed E-state index contributed by atoms with van der Waals surface area (Å²) in [5.41, 5.74) is 8.27. The van der Waals surface area contributed by atoms with Crippen molar-refractivity contribution in [1.29, 1.82) is 0 Å². The number of anilines is 3. The lowest BCUT2D eigenvalue weighted by molar-refractivity contribution is 1.29. The molecule has 0 aliphatic rings. The fourth-order valence-corrected chi connectivity index (χ4v) is 9.57. The quantitative estimate of drug-likeness (QED) is 0.161. The van der Waals surface area contributed by atoms with Crippen LogP contribution in [0.15, 0.2) is 200 Å². The van der Waals surface area contributed by atoms with Gasteiger partial charge in [-0.05, 0) is 114 Å². The fraction of sp³-hybridized carbons (Fsp3) is 0. The highest BCUT2D eigenvalue weighted by Crippen LogP contribution is 2.42. The Labute approximate surface area is 317 Å². The summed E-state index contributed by atoms with van der Waals surface area (Å²) in [7, 11) is 0. The molecular formula is C52H33NS. The van der Waals surface area contributed by atoms with Gasteiger partial charge >= 0.3 is 0 Å². The van der Waals surface area contributed by atoms with E-state index >= 15 is 0 Å². The van der Waals surface area contributed by atoms with Gasteiger partial charge in [-0.25, -0.2) is 0 Å². The zero-order chi connectivity index (χ0) is 35.6. The number of benzene rings is 10. The van der Waals surface area contributed by atoms with Crippen molar-refractivity contribution in [3.8, 4) is 22.3 Å². The summed E-state index contributed by atoms with van der Waals surface area (Å²) in [4.78, 5) is 2.39. The third-order valence-electron chi connectivity index (χ3n) is 11.0. The number of thiophene rings is 1. The van der Waals surface area contributed by atoms with Gasteiger partial charge in [0, 0.05) is 37.2 Å². The molecule has 11 rings (SSSR count). The predicted octanol–water partition coefficient (Wildman–Crippen LogP) is 15.5. The topological polar surface area (TPSA) is 3.24 Å². The zero-order valence-electron chi connectivity index (χ0n) is 29.4. The van der Waals surface area contributed by atoms with Gasteiger partial charge < -0.3 is 4.90 Å². The second-order valence-electron chi connectivity index (χ2n) is 14.1. The van der Waals surface area contributed by atoms with Crippen molar-refractivity contribution in [2.45, 2.75) is 0 Å². The molecule has 0 unspecified atom stereocenters. The summed E-state index contributed by atoms with van der Waals surface area (Å²) < 4.78 is 2.66. The van der Waals surface area contributed by atoms with Crippen molar-refractivity contribution in [1.82, 2.24) is 0 Å². The van der Waals surface area contributed by atoms with Gasteiger partial charge in [0.2, 0.25) is 0 Å². The van der Waals surface area contributed by atoms with Crippen LogP contribution < -0.4 is 4.90 Å². The minimum atomic E-state index is 1.12. The van der Waals surface area contributed by atoms with Crippen molar-refractivity contribution in [2.75, 3.05) is 4.90 Å². The molecule has 0 atom stereocenters. The lowest BCUT2D eigenvalue weighted by Gasteiger charge is -2.26. The number of hydrogen-bond acceptors (Lipinski definition) is 2. The van der Waals surface area contributed by atoms with Crippen LogP contribution in [0.5, 0.6) is 0 Å². The second kappa shape index (κ2) is 12.4. The van der Waals surface area contributed by atoms with Crippen LogP contribution in [0.3, 0.4) is 0 Å². The molecule has 1 nitrogen and oxygen atoms in total. The van der Waals surface area contributed by atoms with Crippen LogP contribution in [0, 0.1) is 0 Å². The largest absolute Gasteiger partial charge is 0.310 e. The molecule has 0 spiro atoms. The molecule has 0 amide bonds. The number of nitrogens with zero attached hydrogens (tertiary/aromatic N) is 1. The average molecular weight is 704 g/mol. The van der Waals surface area contributed by atoms with Crippen LogP contribution in [0.25, 0.3) is 85.5 Å². The summed E-state index contributed by atoms with van der Waals surface area (Å²) >= 11 is 1.88. The standard InChI is InChI=1S/C52H33NS/c1-3-10-44-35(8-1)18-19-40-32-39(25-31-46(40)44)34-20-26-41(27-21-34)53(43-30-24-38-17-16-36-9-2-4-11-45(36)50(38)33-43)42-28-22-37(23-29-42)47-13-7-14-49-48-12-5-6-15-51(48)54-52(47)49/h1-33H. The molecule has 1 aromatic heterocycles. The van der Waals surface area contributed by atoms with Crippen LogP contribution in [0.2, 0.25) is 0 Å². The smallest absolute Gasteiger partial charge is 0.0468 e. The number of fused-ring (bicyclic) bond motifs is 9. The summed E-state index contributed by atoms with van der Waals surface area (Å²) in [5, 5.41) is 12.8. The molecule has 0 aliphatic heterocycles. The van der Waals surface area contributed by atoms with Crippen LogP contribution in [0.1, 0.15) is 0 Å². The average Bonchev–Trinajstić information content (AvgIpc) is 3.63. The van der Waals surface area contributed by atoms with E-state index in [0.717, 1.165) is 17.1 Å². The van der Waals surface area contributed by atoms with Gasteiger partial charge in [0.1, 0.15) is 0 Å². The normalized spacial score (nSPS) is 11.7. The van der Waals surface area contributed by atoms with Crippen molar-refractivity contribution in [3.05, 3.63) is 200 Å². The Morgan fingerprint density at radius 3 is 1.56 bits per heavy atom. The molecule has 2 heteroatoms. The van der Waals surface area contributed by atoms with Gasteiger partial charge in [0.15, 0.2) is 0 Å². The molecule has 252 valence electrons. The van der Waals surface area contributed by atoms with Crippen LogP contribution in [0.4, 0.5) is 17.1 Å². The molecule has 0 bridgehead atoms. The second-order valence-corrected chi connectivity index (χ2v) is 15.2. The van der Waals surface area contributed by atoms with E-state index in [1.54, 1.807) is 0 Å². The maximum absolute atomic E-state index is 2.39. The molecule has 0 radical (unpaired) electrons. The molecule has 0 aliphatic carbocycles. The molecule has 11 aromatic rings. The van der Waals surface area contributed by atoms with Crippen LogP contribution >= 0.6 is 11.3 Å². The van der Waals surface area contributed by atoms with Crippen molar-refractivity contribution >= 4 is 91.7 Å². The molecule has 0 saturated heterocycles. The molecule has 0 saturated carbocycles. The Kier molecular flexibility index (Phi) is 7.11. The first kappa shape index (κ1) is 30.8. The molecule has 54 heavy (non-hydrogen) atoms. The number of hydrogen-bond donors (Lipinski definition) is 0. The van der Waals surface area contributed by atoms with Crippen molar-refractivity contribution in [3.63, 3.8) is 0 Å². The first-order chi connectivity index (χ1) is 26.7. The van der Waals surface area contributed by atoms with Gasteiger partial charge in [-0.15, -0.1) is 11.3 Å². The zero-order valence-corrected chi connectivity index (χ0v) is 30.2. The molecule has 1 heterocycles. The highest BCUT2D eigenvalue weighted by Gasteiger charge is 2.16. The maximum atomic E-state index is 2.39. The highest BCUT2D eigenvalue weighted by molar-refractivity contribution is 7.26. The summed E-state index contributed by atoms with van der Waals surface area (Å²) in [5.74, 6) is 0. The van der Waals surface area contributed by atoms with E-state index in [9.17, 15) is 0 Å². The molecule has 0 fully saturated rings. The lowest BCUT2D eigenvalue weighted by atomic mass is 9.97. The SMILES string of the molecule is c1ccc2c(c1)ccc1cc(-c3ccc(N(c4ccc(-c5cccc6c5sc5ccccc56)cc4)c4ccc5ccc6ccccc6c5c4)cc3)ccc12. The summed E-state index contributed by atoms with van der Waals surface area (Å²) in [6.07, 6.45) is 0. The lowest BCUT2D eigenvalue weighted by Crippen LogP contribution is -2.09. The van der Waals surface area contributed by atoms with E-state index in [1.807, 2.05) is 11.3 Å². The Hall–Kier alpha value is -6.74. The van der Waals surface area contributed by atoms with Gasteiger partial charge in [0.05, 0.1) is 0 Å². The van der Waals surface area contributed by atoms with Gasteiger partial charge in [0.25, 0.3) is 0 Å². The monoisotopic (exact) mass is 703 g/mol. The Balaban J connectivity index is 1.02. The van der Waals surface area contributed by atoms with E-state index in [4.69, 9.17) is 0 Å². The maximum Gasteiger partial charge on any atom is 0.0468 e. The minimum absolute atomic E-state index is 1.12. The summed E-state index contributed by atoms with van der Waals surface area (Å²) in [6.45, 7) is 0. The minimum Gasteiger partial charge on any atom is -0.310 e. The first-order valence-electron chi connectivity index (χ1n) is 18.5. The molecule has 10 aromatic carbocycles. The Morgan fingerprint density at radius 2 is 0.815 bits per heavy atom. The van der Waals surface area contributed by atoms with Gasteiger partial charge in [-0.1, -0.05) is 152 Å². The van der Waals surface area contributed by atoms with Crippen LogP contribution in [-0.2, 0) is 0 Å². The number of rotatable bonds is 5. The van der Waals surface area contributed by atoms with E-state index in [-0.39, 0.29) is 0 Å². The third kappa shape index (κ3) is 5.07. The van der Waals surface area contributed by atoms with Gasteiger partial charge in [-0.2, -0.15) is 0 Å². The van der Waals surface area contributed by atoms with E-state index in [0.29, 0.717) is 0 Å².